The van der Waals surface area contributed by atoms with Gasteiger partial charge >= 0.3 is 0 Å². The van der Waals surface area contributed by atoms with Gasteiger partial charge in [-0.1, -0.05) is 18.2 Å². The van der Waals surface area contributed by atoms with Crippen LogP contribution in [0.1, 0.15) is 5.56 Å². The van der Waals surface area contributed by atoms with Gasteiger partial charge in [-0.05, 0) is 23.8 Å². The van der Waals surface area contributed by atoms with E-state index in [9.17, 15) is 4.79 Å². The highest BCUT2D eigenvalue weighted by atomic mass is 16.1. The summed E-state index contributed by atoms with van der Waals surface area (Å²) >= 11 is 0. The number of amides is 1. The fourth-order valence-electron chi connectivity index (χ4n) is 1.44. The van der Waals surface area contributed by atoms with E-state index in [0.717, 1.165) is 16.5 Å². The summed E-state index contributed by atoms with van der Waals surface area (Å²) in [6, 6.07) is 9.82. The molecule has 0 saturated heterocycles. The van der Waals surface area contributed by atoms with Gasteiger partial charge in [-0.2, -0.15) is 0 Å². The van der Waals surface area contributed by atoms with E-state index in [2.05, 4.69) is 10.3 Å². The number of carbonyl (C=O) groups is 1. The number of nitrogens with one attached hydrogen (secondary N) is 1. The summed E-state index contributed by atoms with van der Waals surface area (Å²) in [5.74, 6) is -0.110. The first kappa shape index (κ1) is 10.4. The van der Waals surface area contributed by atoms with E-state index in [1.165, 1.54) is 6.08 Å². The number of nitrogens with zero attached hydrogens (tertiary/aromatic N) is 1. The summed E-state index contributed by atoms with van der Waals surface area (Å²) in [6.07, 6.45) is 5.03. The van der Waals surface area contributed by atoms with Crippen LogP contribution in [0.2, 0.25) is 0 Å². The molecule has 0 aliphatic carbocycles. The lowest BCUT2D eigenvalue weighted by Crippen LogP contribution is -2.13. The molecule has 3 heteroatoms. The molecule has 16 heavy (non-hydrogen) atoms. The van der Waals surface area contributed by atoms with Crippen molar-refractivity contribution < 1.29 is 4.79 Å². The molecular weight excluding hydrogens is 200 g/mol. The van der Waals surface area contributed by atoms with Gasteiger partial charge in [-0.15, -0.1) is 0 Å². The minimum Gasteiger partial charge on any atom is -0.356 e. The topological polar surface area (TPSA) is 42.0 Å². The predicted octanol–water partition coefficient (Wildman–Crippen LogP) is 1.99. The number of benzene rings is 1. The lowest BCUT2D eigenvalue weighted by atomic mass is 10.1. The number of pyridine rings is 1. The van der Waals surface area contributed by atoms with Crippen molar-refractivity contribution in [2.45, 2.75) is 0 Å². The van der Waals surface area contributed by atoms with Gasteiger partial charge in [0.15, 0.2) is 0 Å². The minimum atomic E-state index is -0.110. The first-order valence-electron chi connectivity index (χ1n) is 5.04. The molecule has 80 valence electrons. The largest absolute Gasteiger partial charge is 0.356 e. The van der Waals surface area contributed by atoms with Gasteiger partial charge in [0.25, 0.3) is 0 Å². The minimum absolute atomic E-state index is 0.110. The lowest BCUT2D eigenvalue weighted by Gasteiger charge is -1.98. The lowest BCUT2D eigenvalue weighted by molar-refractivity contribution is -0.115. The smallest absolute Gasteiger partial charge is 0.243 e. The van der Waals surface area contributed by atoms with Crippen LogP contribution in [-0.2, 0) is 4.79 Å². The Bertz CT molecular complexity index is 546. The number of likely N-dealkylation sites (N-methyl/N-ethyl adjacent to an activating group) is 1. The Hall–Kier alpha value is -2.16. The zero-order chi connectivity index (χ0) is 11.4. The Balaban J connectivity index is 2.33. The van der Waals surface area contributed by atoms with Gasteiger partial charge in [0.2, 0.25) is 5.91 Å². The summed E-state index contributed by atoms with van der Waals surface area (Å²) in [4.78, 5) is 15.3. The maximum atomic E-state index is 11.0. The second-order valence-corrected chi connectivity index (χ2v) is 3.40. The molecule has 1 amide bonds. The molecular formula is C13H12N2O. The Morgan fingerprint density at radius 3 is 3.06 bits per heavy atom. The van der Waals surface area contributed by atoms with Crippen molar-refractivity contribution >= 4 is 22.9 Å². The summed E-state index contributed by atoms with van der Waals surface area (Å²) in [6.45, 7) is 0. The van der Waals surface area contributed by atoms with Crippen LogP contribution in [0, 0.1) is 0 Å². The molecule has 0 aliphatic rings. The Morgan fingerprint density at radius 1 is 1.38 bits per heavy atom. The number of hydrogen-bond acceptors (Lipinski definition) is 2. The number of carbonyl (C=O) groups excluding carboxylic acids is 1. The van der Waals surface area contributed by atoms with Crippen molar-refractivity contribution in [2.75, 3.05) is 7.05 Å². The average Bonchev–Trinajstić information content (AvgIpc) is 2.35. The van der Waals surface area contributed by atoms with E-state index >= 15 is 0 Å². The third-order valence-corrected chi connectivity index (χ3v) is 2.30. The van der Waals surface area contributed by atoms with Crippen LogP contribution < -0.4 is 5.32 Å². The summed E-state index contributed by atoms with van der Waals surface area (Å²) < 4.78 is 0. The molecule has 0 aliphatic heterocycles. The average molecular weight is 212 g/mol. The Morgan fingerprint density at radius 2 is 2.25 bits per heavy atom. The summed E-state index contributed by atoms with van der Waals surface area (Å²) in [5.41, 5.74) is 1.90. The van der Waals surface area contributed by atoms with Crippen LogP contribution in [-0.4, -0.2) is 17.9 Å². The molecule has 3 nitrogen and oxygen atoms in total. The van der Waals surface area contributed by atoms with Crippen molar-refractivity contribution in [2.24, 2.45) is 0 Å². The molecule has 2 aromatic rings. The number of hydrogen-bond donors (Lipinski definition) is 1. The second-order valence-electron chi connectivity index (χ2n) is 3.40. The zero-order valence-corrected chi connectivity index (χ0v) is 8.97. The van der Waals surface area contributed by atoms with E-state index in [-0.39, 0.29) is 5.91 Å². The number of fused-ring (bicyclic) bond motifs is 1. The first-order chi connectivity index (χ1) is 7.79. The van der Waals surface area contributed by atoms with Gasteiger partial charge in [0.05, 0.1) is 5.52 Å². The summed E-state index contributed by atoms with van der Waals surface area (Å²) in [7, 11) is 1.61. The zero-order valence-electron chi connectivity index (χ0n) is 8.97. The van der Waals surface area contributed by atoms with E-state index < -0.39 is 0 Å². The maximum Gasteiger partial charge on any atom is 0.243 e. The van der Waals surface area contributed by atoms with E-state index in [1.54, 1.807) is 19.3 Å². The molecule has 0 radical (unpaired) electrons. The Labute approximate surface area is 93.8 Å². The second kappa shape index (κ2) is 4.57. The standard InChI is InChI=1S/C13H12N2O/c1-14-13(16)7-5-10-4-6-11-3-2-8-15-12(11)9-10/h2-9H,1H3,(H,14,16)/b7-5+. The van der Waals surface area contributed by atoms with Gasteiger partial charge in [0, 0.05) is 24.7 Å². The molecule has 0 fully saturated rings. The van der Waals surface area contributed by atoms with Gasteiger partial charge in [-0.25, -0.2) is 0 Å². The van der Waals surface area contributed by atoms with Crippen molar-refractivity contribution in [3.8, 4) is 0 Å². The van der Waals surface area contributed by atoms with Crippen molar-refractivity contribution in [1.29, 1.82) is 0 Å². The van der Waals surface area contributed by atoms with Crippen LogP contribution in [0.15, 0.2) is 42.6 Å². The van der Waals surface area contributed by atoms with Gasteiger partial charge in [-0.3, -0.25) is 9.78 Å². The molecule has 1 heterocycles. The van der Waals surface area contributed by atoms with Crippen molar-refractivity contribution in [3.63, 3.8) is 0 Å². The fourth-order valence-corrected chi connectivity index (χ4v) is 1.44. The van der Waals surface area contributed by atoms with Crippen LogP contribution in [0.4, 0.5) is 0 Å². The molecule has 0 unspecified atom stereocenters. The fraction of sp³-hybridized carbons (Fsp3) is 0.0769. The molecule has 1 aromatic heterocycles. The van der Waals surface area contributed by atoms with E-state index in [0.29, 0.717) is 0 Å². The van der Waals surface area contributed by atoms with Crippen LogP contribution in [0.3, 0.4) is 0 Å². The molecule has 0 saturated carbocycles. The molecule has 1 N–H and O–H groups in total. The third-order valence-electron chi connectivity index (χ3n) is 2.30. The SMILES string of the molecule is CNC(=O)/C=C/c1ccc2cccnc2c1. The van der Waals surface area contributed by atoms with Gasteiger partial charge in [0.1, 0.15) is 0 Å². The van der Waals surface area contributed by atoms with Crippen molar-refractivity contribution in [1.82, 2.24) is 10.3 Å². The monoisotopic (exact) mass is 212 g/mol. The number of aromatic nitrogens is 1. The number of rotatable bonds is 2. The van der Waals surface area contributed by atoms with E-state index in [4.69, 9.17) is 0 Å². The van der Waals surface area contributed by atoms with Crippen LogP contribution >= 0.6 is 0 Å². The first-order valence-corrected chi connectivity index (χ1v) is 5.04. The highest BCUT2D eigenvalue weighted by Gasteiger charge is 1.95. The highest BCUT2D eigenvalue weighted by molar-refractivity contribution is 5.92. The normalized spacial score (nSPS) is 10.8. The summed E-state index contributed by atoms with van der Waals surface area (Å²) in [5, 5.41) is 3.63. The van der Waals surface area contributed by atoms with Crippen molar-refractivity contribution in [3.05, 3.63) is 48.2 Å². The molecule has 0 spiro atoms. The maximum absolute atomic E-state index is 11.0. The molecule has 1 aromatic carbocycles. The quantitative estimate of drug-likeness (QED) is 0.773. The van der Waals surface area contributed by atoms with Crippen LogP contribution in [0.5, 0.6) is 0 Å². The third kappa shape index (κ3) is 2.25. The molecule has 2 rings (SSSR count). The molecule has 0 atom stereocenters. The van der Waals surface area contributed by atoms with E-state index in [1.807, 2.05) is 30.3 Å². The Kier molecular flexibility index (Phi) is 2.96. The van der Waals surface area contributed by atoms with Crippen LogP contribution in [0.25, 0.3) is 17.0 Å². The highest BCUT2D eigenvalue weighted by Crippen LogP contribution is 2.13. The predicted molar refractivity (Wildman–Crippen MR) is 64.8 cm³/mol. The molecule has 0 bridgehead atoms. The van der Waals surface area contributed by atoms with Gasteiger partial charge < -0.3 is 5.32 Å².